The summed E-state index contributed by atoms with van der Waals surface area (Å²) in [5.74, 6) is 0.871. The molecule has 0 amide bonds. The summed E-state index contributed by atoms with van der Waals surface area (Å²) in [5.41, 5.74) is 9.43. The molecule has 2 N–H and O–H groups in total. The molecule has 3 heteroatoms. The van der Waals surface area contributed by atoms with Crippen LogP contribution in [0.2, 0.25) is 0 Å². The van der Waals surface area contributed by atoms with Crippen LogP contribution >= 0.6 is 0 Å². The predicted octanol–water partition coefficient (Wildman–Crippen LogP) is 3.56. The SMILES string of the molecule is CCC(N)C(Oc1ccc(C)cc1C)c1ccccn1. The number of rotatable bonds is 5. The lowest BCUT2D eigenvalue weighted by Gasteiger charge is -2.24. The van der Waals surface area contributed by atoms with E-state index in [0.29, 0.717) is 0 Å². The van der Waals surface area contributed by atoms with Gasteiger partial charge in [-0.15, -0.1) is 0 Å². The quantitative estimate of drug-likeness (QED) is 0.903. The van der Waals surface area contributed by atoms with Crippen molar-refractivity contribution in [3.8, 4) is 5.75 Å². The Morgan fingerprint density at radius 2 is 2.00 bits per heavy atom. The maximum atomic E-state index is 6.21. The standard InChI is InChI=1S/C17H22N2O/c1-4-14(18)17(15-7-5-6-10-19-15)20-16-9-8-12(2)11-13(16)3/h5-11,14,17H,4,18H2,1-3H3. The molecule has 1 aromatic heterocycles. The van der Waals surface area contributed by atoms with E-state index in [9.17, 15) is 0 Å². The summed E-state index contributed by atoms with van der Waals surface area (Å²) in [6.45, 7) is 6.19. The first-order valence-electron chi connectivity index (χ1n) is 7.02. The Hall–Kier alpha value is -1.87. The summed E-state index contributed by atoms with van der Waals surface area (Å²) >= 11 is 0. The first kappa shape index (κ1) is 14.5. The molecule has 0 aliphatic carbocycles. The topological polar surface area (TPSA) is 48.1 Å². The highest BCUT2D eigenvalue weighted by atomic mass is 16.5. The van der Waals surface area contributed by atoms with Crippen LogP contribution < -0.4 is 10.5 Å². The monoisotopic (exact) mass is 270 g/mol. The summed E-state index contributed by atoms with van der Waals surface area (Å²) in [6.07, 6.45) is 2.39. The number of nitrogens with two attached hydrogens (primary N) is 1. The Labute approximate surface area is 120 Å². The summed E-state index contributed by atoms with van der Waals surface area (Å²) in [7, 11) is 0. The molecule has 2 rings (SSSR count). The van der Waals surface area contributed by atoms with Gasteiger partial charge in [-0.05, 0) is 44.0 Å². The number of aryl methyl sites for hydroxylation is 2. The lowest BCUT2D eigenvalue weighted by molar-refractivity contribution is 0.165. The van der Waals surface area contributed by atoms with Crippen LogP contribution in [0.25, 0.3) is 0 Å². The van der Waals surface area contributed by atoms with Crippen molar-refractivity contribution >= 4 is 0 Å². The number of ether oxygens (including phenoxy) is 1. The molecule has 106 valence electrons. The molecule has 2 atom stereocenters. The third kappa shape index (κ3) is 3.36. The van der Waals surface area contributed by atoms with Gasteiger partial charge in [-0.1, -0.05) is 30.7 Å². The number of nitrogens with zero attached hydrogens (tertiary/aromatic N) is 1. The van der Waals surface area contributed by atoms with Crippen molar-refractivity contribution in [2.75, 3.05) is 0 Å². The van der Waals surface area contributed by atoms with Crippen LogP contribution in [0.15, 0.2) is 42.6 Å². The molecule has 3 nitrogen and oxygen atoms in total. The zero-order valence-electron chi connectivity index (χ0n) is 12.3. The van der Waals surface area contributed by atoms with Crippen molar-refractivity contribution in [3.63, 3.8) is 0 Å². The minimum atomic E-state index is -0.220. The fourth-order valence-electron chi connectivity index (χ4n) is 2.19. The average molecular weight is 270 g/mol. The third-order valence-corrected chi connectivity index (χ3v) is 3.42. The van der Waals surface area contributed by atoms with Crippen molar-refractivity contribution in [1.29, 1.82) is 0 Å². The Kier molecular flexibility index (Phi) is 4.74. The van der Waals surface area contributed by atoms with Crippen LogP contribution in [0.5, 0.6) is 5.75 Å². The van der Waals surface area contributed by atoms with E-state index >= 15 is 0 Å². The van der Waals surface area contributed by atoms with Gasteiger partial charge in [0.05, 0.1) is 5.69 Å². The van der Waals surface area contributed by atoms with E-state index in [2.05, 4.69) is 37.9 Å². The zero-order valence-corrected chi connectivity index (χ0v) is 12.3. The molecule has 2 unspecified atom stereocenters. The van der Waals surface area contributed by atoms with E-state index in [-0.39, 0.29) is 12.1 Å². The molecule has 0 aliphatic heterocycles. The van der Waals surface area contributed by atoms with E-state index in [1.807, 2.05) is 24.3 Å². The first-order valence-corrected chi connectivity index (χ1v) is 7.02. The molecule has 0 saturated heterocycles. The fraction of sp³-hybridized carbons (Fsp3) is 0.353. The number of aromatic nitrogens is 1. The van der Waals surface area contributed by atoms with Gasteiger partial charge in [0.1, 0.15) is 5.75 Å². The zero-order chi connectivity index (χ0) is 14.5. The van der Waals surface area contributed by atoms with Crippen LogP contribution in [0.1, 0.15) is 36.3 Å². The highest BCUT2D eigenvalue weighted by molar-refractivity contribution is 5.36. The Morgan fingerprint density at radius 3 is 2.60 bits per heavy atom. The number of hydrogen-bond donors (Lipinski definition) is 1. The normalized spacial score (nSPS) is 13.8. The van der Waals surface area contributed by atoms with E-state index < -0.39 is 0 Å². The second-order valence-corrected chi connectivity index (χ2v) is 5.13. The van der Waals surface area contributed by atoms with Crippen LogP contribution in [-0.4, -0.2) is 11.0 Å². The fourth-order valence-corrected chi connectivity index (χ4v) is 2.19. The van der Waals surface area contributed by atoms with Crippen LogP contribution in [0, 0.1) is 13.8 Å². The molecule has 0 bridgehead atoms. The molecular weight excluding hydrogens is 248 g/mol. The van der Waals surface area contributed by atoms with Gasteiger partial charge in [-0.25, -0.2) is 0 Å². The van der Waals surface area contributed by atoms with Gasteiger partial charge < -0.3 is 10.5 Å². The van der Waals surface area contributed by atoms with Crippen molar-refractivity contribution in [2.24, 2.45) is 5.73 Å². The molecule has 0 saturated carbocycles. The highest BCUT2D eigenvalue weighted by Crippen LogP contribution is 2.27. The summed E-state index contributed by atoms with van der Waals surface area (Å²) in [6, 6.07) is 11.9. The van der Waals surface area contributed by atoms with Crippen molar-refractivity contribution < 1.29 is 4.74 Å². The smallest absolute Gasteiger partial charge is 0.155 e. The molecule has 1 heterocycles. The summed E-state index contributed by atoms with van der Waals surface area (Å²) in [5, 5.41) is 0. The molecular formula is C17H22N2O. The van der Waals surface area contributed by atoms with Gasteiger partial charge in [0.15, 0.2) is 6.10 Å². The second kappa shape index (κ2) is 6.53. The Morgan fingerprint density at radius 1 is 1.20 bits per heavy atom. The average Bonchev–Trinajstić information content (AvgIpc) is 2.46. The third-order valence-electron chi connectivity index (χ3n) is 3.42. The van der Waals surface area contributed by atoms with Gasteiger partial charge in [0.2, 0.25) is 0 Å². The molecule has 0 spiro atoms. The van der Waals surface area contributed by atoms with Crippen molar-refractivity contribution in [2.45, 2.75) is 39.3 Å². The second-order valence-electron chi connectivity index (χ2n) is 5.13. The van der Waals surface area contributed by atoms with Gasteiger partial charge in [0.25, 0.3) is 0 Å². The molecule has 0 aliphatic rings. The largest absolute Gasteiger partial charge is 0.482 e. The van der Waals surface area contributed by atoms with Crippen molar-refractivity contribution in [3.05, 3.63) is 59.4 Å². The first-order chi connectivity index (χ1) is 9.61. The van der Waals surface area contributed by atoms with Crippen LogP contribution in [0.3, 0.4) is 0 Å². The number of hydrogen-bond acceptors (Lipinski definition) is 3. The maximum Gasteiger partial charge on any atom is 0.155 e. The molecule has 2 aromatic rings. The van der Waals surface area contributed by atoms with Gasteiger partial charge >= 0.3 is 0 Å². The minimum absolute atomic E-state index is 0.0781. The minimum Gasteiger partial charge on any atom is -0.482 e. The molecule has 20 heavy (non-hydrogen) atoms. The molecule has 1 aromatic carbocycles. The molecule has 0 fully saturated rings. The van der Waals surface area contributed by atoms with Gasteiger partial charge in [-0.3, -0.25) is 4.98 Å². The summed E-state index contributed by atoms with van der Waals surface area (Å²) in [4.78, 5) is 4.39. The predicted molar refractivity (Wildman–Crippen MR) is 81.8 cm³/mol. The number of benzene rings is 1. The van der Waals surface area contributed by atoms with E-state index in [1.54, 1.807) is 6.20 Å². The Bertz CT molecular complexity index is 554. The van der Waals surface area contributed by atoms with Crippen LogP contribution in [0.4, 0.5) is 0 Å². The molecule has 0 radical (unpaired) electrons. The van der Waals surface area contributed by atoms with E-state index in [0.717, 1.165) is 23.4 Å². The lowest BCUT2D eigenvalue weighted by Crippen LogP contribution is -2.32. The Balaban J connectivity index is 2.29. The van der Waals surface area contributed by atoms with E-state index in [4.69, 9.17) is 10.5 Å². The van der Waals surface area contributed by atoms with Crippen molar-refractivity contribution in [1.82, 2.24) is 4.98 Å². The highest BCUT2D eigenvalue weighted by Gasteiger charge is 2.22. The number of pyridine rings is 1. The van der Waals surface area contributed by atoms with Gasteiger partial charge in [-0.2, -0.15) is 0 Å². The van der Waals surface area contributed by atoms with Crippen LogP contribution in [-0.2, 0) is 0 Å². The maximum absolute atomic E-state index is 6.21. The summed E-state index contributed by atoms with van der Waals surface area (Å²) < 4.78 is 6.15. The lowest BCUT2D eigenvalue weighted by atomic mass is 10.0. The van der Waals surface area contributed by atoms with Gasteiger partial charge in [0, 0.05) is 12.2 Å². The van der Waals surface area contributed by atoms with E-state index in [1.165, 1.54) is 5.56 Å².